The minimum atomic E-state index is -0.709. The number of carbonyl (C=O) groups is 2. The van der Waals surface area contributed by atoms with Crippen LogP contribution in [-0.2, 0) is 14.9 Å². The monoisotopic (exact) mass is 410 g/mol. The molecule has 0 spiro atoms. The molecular weight excluding hydrogens is 391 g/mol. The van der Waals surface area contributed by atoms with Gasteiger partial charge in [-0.1, -0.05) is 53.5 Å². The minimum absolute atomic E-state index is 0.0833. The fourth-order valence-corrected chi connectivity index (χ4v) is 2.52. The number of urea groups is 1. The summed E-state index contributed by atoms with van der Waals surface area (Å²) in [6.45, 7) is 4.04. The summed E-state index contributed by atoms with van der Waals surface area (Å²) in [6, 6.07) is 14.4. The van der Waals surface area contributed by atoms with Crippen molar-refractivity contribution in [2.24, 2.45) is 0 Å². The third-order valence-electron chi connectivity index (χ3n) is 3.70. The van der Waals surface area contributed by atoms with Crippen molar-refractivity contribution < 1.29 is 19.1 Å². The van der Waals surface area contributed by atoms with Crippen molar-refractivity contribution in [2.45, 2.75) is 19.3 Å². The van der Waals surface area contributed by atoms with Crippen LogP contribution in [0.15, 0.2) is 48.5 Å². The van der Waals surface area contributed by atoms with Gasteiger partial charge in [0, 0.05) is 5.02 Å². The normalized spacial score (nSPS) is 12.1. The lowest BCUT2D eigenvalue weighted by Crippen LogP contribution is -2.32. The van der Waals surface area contributed by atoms with Crippen LogP contribution in [0.3, 0.4) is 0 Å². The SMILES string of the molecule is CC(C)(C(=O)OCCOc1ccc(Cl)cc1Cl)c1ccccc1.O=C1NN1. The summed E-state index contributed by atoms with van der Waals surface area (Å²) in [6.07, 6.45) is 0. The molecule has 2 amide bonds. The van der Waals surface area contributed by atoms with Crippen LogP contribution in [0.2, 0.25) is 10.0 Å². The van der Waals surface area contributed by atoms with E-state index in [1.165, 1.54) is 0 Å². The number of amides is 2. The second kappa shape index (κ2) is 9.48. The van der Waals surface area contributed by atoms with Crippen LogP contribution in [0, 0.1) is 0 Å². The molecule has 6 nitrogen and oxygen atoms in total. The lowest BCUT2D eigenvalue weighted by molar-refractivity contribution is -0.150. The van der Waals surface area contributed by atoms with Gasteiger partial charge in [0.05, 0.1) is 10.4 Å². The third-order valence-corrected chi connectivity index (χ3v) is 4.23. The predicted molar refractivity (Wildman–Crippen MR) is 104 cm³/mol. The molecule has 1 fully saturated rings. The van der Waals surface area contributed by atoms with Crippen molar-refractivity contribution in [2.75, 3.05) is 13.2 Å². The molecule has 0 bridgehead atoms. The first-order chi connectivity index (χ1) is 12.8. The molecule has 8 heteroatoms. The average Bonchev–Trinajstić information content (AvgIpc) is 3.43. The van der Waals surface area contributed by atoms with Gasteiger partial charge < -0.3 is 9.47 Å². The van der Waals surface area contributed by atoms with Gasteiger partial charge >= 0.3 is 12.0 Å². The first-order valence-corrected chi connectivity index (χ1v) is 8.93. The van der Waals surface area contributed by atoms with Crippen molar-refractivity contribution in [3.8, 4) is 5.75 Å². The Morgan fingerprint density at radius 2 is 1.67 bits per heavy atom. The zero-order valence-corrected chi connectivity index (χ0v) is 16.4. The molecule has 144 valence electrons. The first kappa shape index (κ1) is 20.9. The van der Waals surface area contributed by atoms with Crippen molar-refractivity contribution in [3.63, 3.8) is 0 Å². The molecule has 0 saturated carbocycles. The lowest BCUT2D eigenvalue weighted by atomic mass is 9.85. The highest BCUT2D eigenvalue weighted by Crippen LogP contribution is 2.27. The van der Waals surface area contributed by atoms with E-state index in [1.807, 2.05) is 44.2 Å². The van der Waals surface area contributed by atoms with E-state index in [0.29, 0.717) is 15.8 Å². The second-order valence-corrected chi connectivity index (χ2v) is 6.97. The van der Waals surface area contributed by atoms with Crippen molar-refractivity contribution in [1.82, 2.24) is 10.9 Å². The molecule has 0 aliphatic carbocycles. The van der Waals surface area contributed by atoms with E-state index in [4.69, 9.17) is 32.7 Å². The number of rotatable bonds is 6. The van der Waals surface area contributed by atoms with Gasteiger partial charge in [0.2, 0.25) is 0 Å². The van der Waals surface area contributed by atoms with Gasteiger partial charge in [-0.25, -0.2) is 15.6 Å². The molecule has 0 atom stereocenters. The molecule has 1 saturated heterocycles. The Morgan fingerprint density at radius 3 is 2.22 bits per heavy atom. The summed E-state index contributed by atoms with van der Waals surface area (Å²) >= 11 is 11.8. The number of hydrazine groups is 1. The Kier molecular flexibility index (Phi) is 7.33. The highest BCUT2D eigenvalue weighted by molar-refractivity contribution is 6.35. The maximum absolute atomic E-state index is 12.3. The molecule has 2 aromatic rings. The summed E-state index contributed by atoms with van der Waals surface area (Å²) in [5, 5.41) is 0.965. The predicted octanol–water partition coefficient (Wildman–Crippen LogP) is 4.11. The van der Waals surface area contributed by atoms with Crippen LogP contribution in [0.5, 0.6) is 5.75 Å². The number of hydrogen-bond acceptors (Lipinski definition) is 4. The molecule has 2 N–H and O–H groups in total. The zero-order chi connectivity index (χ0) is 19.9. The Morgan fingerprint density at radius 1 is 1.04 bits per heavy atom. The molecule has 0 aromatic heterocycles. The summed E-state index contributed by atoms with van der Waals surface area (Å²) < 4.78 is 10.8. The number of halogens is 2. The lowest BCUT2D eigenvalue weighted by Gasteiger charge is -2.23. The van der Waals surface area contributed by atoms with E-state index >= 15 is 0 Å². The second-order valence-electron chi connectivity index (χ2n) is 6.13. The van der Waals surface area contributed by atoms with Crippen LogP contribution >= 0.6 is 23.2 Å². The van der Waals surface area contributed by atoms with Crippen molar-refractivity contribution in [3.05, 3.63) is 64.1 Å². The van der Waals surface area contributed by atoms with E-state index in [9.17, 15) is 9.59 Å². The maximum Gasteiger partial charge on any atom is 0.352 e. The molecule has 1 aliphatic heterocycles. The van der Waals surface area contributed by atoms with E-state index in [-0.39, 0.29) is 25.2 Å². The number of hydrogen-bond donors (Lipinski definition) is 2. The summed E-state index contributed by atoms with van der Waals surface area (Å²) in [5.74, 6) is 0.212. The van der Waals surface area contributed by atoms with Crippen LogP contribution in [0.4, 0.5) is 4.79 Å². The Balaban J connectivity index is 0.000000576. The van der Waals surface area contributed by atoms with Gasteiger partial charge in [-0.05, 0) is 37.6 Å². The van der Waals surface area contributed by atoms with Gasteiger partial charge in [0.1, 0.15) is 19.0 Å². The number of ether oxygens (including phenoxy) is 2. The van der Waals surface area contributed by atoms with E-state index < -0.39 is 5.41 Å². The van der Waals surface area contributed by atoms with E-state index in [0.717, 1.165) is 5.56 Å². The molecular formula is C19H20Cl2N2O4. The number of nitrogens with one attached hydrogen (secondary N) is 2. The summed E-state index contributed by atoms with van der Waals surface area (Å²) in [7, 11) is 0. The van der Waals surface area contributed by atoms with Crippen LogP contribution < -0.4 is 15.6 Å². The molecule has 0 unspecified atom stereocenters. The van der Waals surface area contributed by atoms with Crippen LogP contribution in [0.1, 0.15) is 19.4 Å². The van der Waals surface area contributed by atoms with E-state index in [1.54, 1.807) is 18.2 Å². The first-order valence-electron chi connectivity index (χ1n) is 8.17. The number of benzene rings is 2. The van der Waals surface area contributed by atoms with Gasteiger partial charge in [-0.3, -0.25) is 4.79 Å². The molecule has 27 heavy (non-hydrogen) atoms. The van der Waals surface area contributed by atoms with Gasteiger partial charge in [0.25, 0.3) is 0 Å². The standard InChI is InChI=1S/C18H18Cl2O3.CH2N2O/c1-18(2,13-6-4-3-5-7-13)17(21)23-11-10-22-16-9-8-14(19)12-15(16)20;4-1-2-3-1/h3-9,12H,10-11H2,1-2H3;(H2,2,3,4). The zero-order valence-electron chi connectivity index (χ0n) is 14.9. The third kappa shape index (κ3) is 6.66. The topological polar surface area (TPSA) is 96.5 Å². The van der Waals surface area contributed by atoms with Crippen LogP contribution in [0.25, 0.3) is 0 Å². The van der Waals surface area contributed by atoms with Crippen molar-refractivity contribution in [1.29, 1.82) is 0 Å². The van der Waals surface area contributed by atoms with Crippen LogP contribution in [-0.4, -0.2) is 25.2 Å². The van der Waals surface area contributed by atoms with Crippen molar-refractivity contribution >= 4 is 35.2 Å². The average molecular weight is 411 g/mol. The van der Waals surface area contributed by atoms with Gasteiger partial charge in [0.15, 0.2) is 0 Å². The maximum atomic E-state index is 12.3. The highest BCUT2D eigenvalue weighted by Gasteiger charge is 2.31. The Labute approximate surface area is 167 Å². The number of esters is 1. The number of carbonyl (C=O) groups excluding carboxylic acids is 2. The Hall–Kier alpha value is -2.44. The quantitative estimate of drug-likeness (QED) is 0.425. The molecule has 3 rings (SSSR count). The Bertz CT molecular complexity index is 792. The molecule has 0 radical (unpaired) electrons. The highest BCUT2D eigenvalue weighted by atomic mass is 35.5. The molecule has 1 aliphatic rings. The fraction of sp³-hybridized carbons (Fsp3) is 0.263. The summed E-state index contributed by atoms with van der Waals surface area (Å²) in [5.41, 5.74) is 4.62. The fourth-order valence-electron chi connectivity index (χ4n) is 2.06. The van der Waals surface area contributed by atoms with E-state index in [2.05, 4.69) is 10.9 Å². The summed E-state index contributed by atoms with van der Waals surface area (Å²) in [4.78, 5) is 21.6. The molecule has 1 heterocycles. The largest absolute Gasteiger partial charge is 0.488 e. The van der Waals surface area contributed by atoms with Gasteiger partial charge in [-0.2, -0.15) is 0 Å². The smallest absolute Gasteiger partial charge is 0.352 e. The molecule has 2 aromatic carbocycles. The minimum Gasteiger partial charge on any atom is -0.488 e. The van der Waals surface area contributed by atoms with Gasteiger partial charge in [-0.15, -0.1) is 0 Å².